The van der Waals surface area contributed by atoms with Crippen LogP contribution >= 0.6 is 11.6 Å². The van der Waals surface area contributed by atoms with Crippen LogP contribution in [0.4, 0.5) is 5.69 Å². The molecule has 0 saturated carbocycles. The van der Waals surface area contributed by atoms with Crippen molar-refractivity contribution < 1.29 is 18.0 Å². The van der Waals surface area contributed by atoms with Gasteiger partial charge in [-0.25, -0.2) is 8.42 Å². The Morgan fingerprint density at radius 2 is 1.48 bits per heavy atom. The topological polar surface area (TPSA) is 83.5 Å². The van der Waals surface area contributed by atoms with E-state index >= 15 is 0 Å². The maximum atomic E-state index is 13.1. The number of benzene rings is 3. The number of ketones is 1. The molecule has 1 aliphatic heterocycles. The Balaban J connectivity index is 1.63. The van der Waals surface area contributed by atoms with Gasteiger partial charge in [-0.2, -0.15) is 4.31 Å². The zero-order chi connectivity index (χ0) is 23.4. The number of carbonyl (C=O) groups excluding carboxylic acids is 2. The summed E-state index contributed by atoms with van der Waals surface area (Å²) >= 11 is 6.26. The normalized spacial score (nSPS) is 14.6. The first kappa shape index (κ1) is 23.2. The van der Waals surface area contributed by atoms with Crippen molar-refractivity contribution in [1.29, 1.82) is 0 Å². The number of sulfonamides is 1. The Hall–Kier alpha value is -3.00. The Bertz CT molecular complexity index is 1290. The average molecular weight is 483 g/mol. The van der Waals surface area contributed by atoms with Crippen molar-refractivity contribution in [2.45, 2.75) is 24.2 Å². The number of hydrogen-bond donors (Lipinski definition) is 1. The van der Waals surface area contributed by atoms with Crippen LogP contribution in [0.15, 0.2) is 77.7 Å². The quantitative estimate of drug-likeness (QED) is 0.501. The van der Waals surface area contributed by atoms with E-state index in [4.69, 9.17) is 11.6 Å². The van der Waals surface area contributed by atoms with Gasteiger partial charge < -0.3 is 5.32 Å². The SMILES string of the molecule is O=C(Nc1ccccc1C(=O)c1ccccc1)c1cc(S(=O)(=O)N2CCCCC2)ccc1Cl. The molecule has 1 fully saturated rings. The molecule has 33 heavy (non-hydrogen) atoms. The van der Waals surface area contributed by atoms with Crippen LogP contribution in [-0.4, -0.2) is 37.5 Å². The second-order valence-electron chi connectivity index (χ2n) is 7.80. The molecule has 3 aromatic carbocycles. The molecule has 1 N–H and O–H groups in total. The summed E-state index contributed by atoms with van der Waals surface area (Å²) in [5, 5.41) is 2.85. The van der Waals surface area contributed by atoms with Gasteiger partial charge in [0.15, 0.2) is 5.78 Å². The molecule has 0 aromatic heterocycles. The largest absolute Gasteiger partial charge is 0.321 e. The Morgan fingerprint density at radius 1 is 0.818 bits per heavy atom. The van der Waals surface area contributed by atoms with Gasteiger partial charge in [0.25, 0.3) is 5.91 Å². The van der Waals surface area contributed by atoms with Crippen LogP contribution in [0.1, 0.15) is 45.5 Å². The summed E-state index contributed by atoms with van der Waals surface area (Å²) in [7, 11) is -3.72. The zero-order valence-corrected chi connectivity index (χ0v) is 19.4. The highest BCUT2D eigenvalue weighted by molar-refractivity contribution is 7.89. The van der Waals surface area contributed by atoms with Gasteiger partial charge >= 0.3 is 0 Å². The number of para-hydroxylation sites is 1. The molecule has 4 rings (SSSR count). The van der Waals surface area contributed by atoms with Crippen molar-refractivity contribution in [3.63, 3.8) is 0 Å². The number of nitrogens with zero attached hydrogens (tertiary/aromatic N) is 1. The summed E-state index contributed by atoms with van der Waals surface area (Å²) in [5.74, 6) is -0.831. The first-order valence-electron chi connectivity index (χ1n) is 10.7. The molecule has 0 bridgehead atoms. The first-order chi connectivity index (χ1) is 15.9. The molecule has 170 valence electrons. The van der Waals surface area contributed by atoms with Gasteiger partial charge in [0.2, 0.25) is 10.0 Å². The van der Waals surface area contributed by atoms with Crippen molar-refractivity contribution in [1.82, 2.24) is 4.31 Å². The standard InChI is InChI=1S/C25H23ClN2O4S/c26-22-14-13-19(33(31,32)28-15-7-2-8-16-28)17-21(22)25(30)27-23-12-6-5-11-20(23)24(29)18-9-3-1-4-10-18/h1,3-6,9-14,17H,2,7-8,15-16H2,(H,27,30). The average Bonchev–Trinajstić information content (AvgIpc) is 2.85. The second kappa shape index (κ2) is 9.87. The number of amides is 1. The third-order valence-electron chi connectivity index (χ3n) is 5.59. The fraction of sp³-hybridized carbons (Fsp3) is 0.200. The van der Waals surface area contributed by atoms with E-state index in [9.17, 15) is 18.0 Å². The maximum absolute atomic E-state index is 13.1. The molecule has 1 amide bonds. The Morgan fingerprint density at radius 3 is 2.21 bits per heavy atom. The van der Waals surface area contributed by atoms with E-state index in [1.807, 2.05) is 6.07 Å². The monoisotopic (exact) mass is 482 g/mol. The van der Waals surface area contributed by atoms with Crippen LogP contribution < -0.4 is 5.32 Å². The van der Waals surface area contributed by atoms with E-state index in [1.54, 1.807) is 48.5 Å². The molecule has 1 aliphatic rings. The molecule has 0 spiro atoms. The minimum absolute atomic E-state index is 0.0209. The van der Waals surface area contributed by atoms with Crippen LogP contribution in [-0.2, 0) is 10.0 Å². The molecular formula is C25H23ClN2O4S. The molecule has 8 heteroatoms. The number of nitrogens with one attached hydrogen (secondary N) is 1. The lowest BCUT2D eigenvalue weighted by molar-refractivity contribution is 0.102. The smallest absolute Gasteiger partial charge is 0.257 e. The van der Waals surface area contributed by atoms with Crippen LogP contribution in [0.25, 0.3) is 0 Å². The van der Waals surface area contributed by atoms with Crippen LogP contribution in [0.2, 0.25) is 5.02 Å². The van der Waals surface area contributed by atoms with Gasteiger partial charge in [-0.05, 0) is 43.2 Å². The lowest BCUT2D eigenvalue weighted by Gasteiger charge is -2.26. The van der Waals surface area contributed by atoms with Crippen LogP contribution in [0, 0.1) is 0 Å². The third kappa shape index (κ3) is 5.00. The fourth-order valence-corrected chi connectivity index (χ4v) is 5.57. The summed E-state index contributed by atoms with van der Waals surface area (Å²) in [6.07, 6.45) is 2.63. The molecule has 0 atom stereocenters. The summed E-state index contributed by atoms with van der Waals surface area (Å²) < 4.78 is 27.5. The summed E-state index contributed by atoms with van der Waals surface area (Å²) in [4.78, 5) is 26.1. The van der Waals surface area contributed by atoms with Gasteiger partial charge in [-0.1, -0.05) is 60.5 Å². The van der Waals surface area contributed by atoms with Crippen molar-refractivity contribution in [2.75, 3.05) is 18.4 Å². The lowest BCUT2D eigenvalue weighted by atomic mass is 10.0. The van der Waals surface area contributed by atoms with Gasteiger partial charge in [0.05, 0.1) is 21.2 Å². The number of carbonyl (C=O) groups is 2. The fourth-order valence-electron chi connectivity index (χ4n) is 3.82. The summed E-state index contributed by atoms with van der Waals surface area (Å²) in [6.45, 7) is 0.920. The Kier molecular flexibility index (Phi) is 6.93. The first-order valence-corrected chi connectivity index (χ1v) is 12.5. The minimum atomic E-state index is -3.72. The summed E-state index contributed by atoms with van der Waals surface area (Å²) in [5.41, 5.74) is 1.16. The van der Waals surface area contributed by atoms with Gasteiger partial charge in [-0.3, -0.25) is 9.59 Å². The van der Waals surface area contributed by atoms with Gasteiger partial charge in [0, 0.05) is 24.2 Å². The molecule has 6 nitrogen and oxygen atoms in total. The van der Waals surface area contributed by atoms with Crippen LogP contribution in [0.3, 0.4) is 0 Å². The predicted molar refractivity (Wildman–Crippen MR) is 128 cm³/mol. The van der Waals surface area contributed by atoms with E-state index in [2.05, 4.69) is 5.32 Å². The van der Waals surface area contributed by atoms with Crippen LogP contribution in [0.5, 0.6) is 0 Å². The number of halogens is 1. The van der Waals surface area contributed by atoms with Gasteiger partial charge in [0.1, 0.15) is 0 Å². The highest BCUT2D eigenvalue weighted by atomic mass is 35.5. The summed E-state index contributed by atoms with van der Waals surface area (Å²) in [6, 6.07) is 19.5. The van der Waals surface area contributed by atoms with Gasteiger partial charge in [-0.15, -0.1) is 0 Å². The minimum Gasteiger partial charge on any atom is -0.321 e. The number of hydrogen-bond acceptors (Lipinski definition) is 4. The molecule has 1 heterocycles. The van der Waals surface area contributed by atoms with Crippen molar-refractivity contribution in [3.05, 3.63) is 94.5 Å². The van der Waals surface area contributed by atoms with E-state index in [-0.39, 0.29) is 21.3 Å². The van der Waals surface area contributed by atoms with E-state index in [0.717, 1.165) is 19.3 Å². The number of rotatable bonds is 6. The molecule has 3 aromatic rings. The second-order valence-corrected chi connectivity index (χ2v) is 10.1. The molecule has 0 aliphatic carbocycles. The molecule has 0 unspecified atom stereocenters. The third-order valence-corrected chi connectivity index (χ3v) is 7.82. The highest BCUT2D eigenvalue weighted by Crippen LogP contribution is 2.27. The maximum Gasteiger partial charge on any atom is 0.257 e. The van der Waals surface area contributed by atoms with E-state index in [0.29, 0.717) is 29.9 Å². The molecule has 1 saturated heterocycles. The van der Waals surface area contributed by atoms with Crippen molar-refractivity contribution >= 4 is 39.0 Å². The predicted octanol–water partition coefficient (Wildman–Crippen LogP) is 5.00. The van der Waals surface area contributed by atoms with Crippen molar-refractivity contribution in [2.24, 2.45) is 0 Å². The highest BCUT2D eigenvalue weighted by Gasteiger charge is 2.27. The number of piperidine rings is 1. The Labute approximate surface area is 198 Å². The van der Waals surface area contributed by atoms with E-state index < -0.39 is 15.9 Å². The number of anilines is 1. The van der Waals surface area contributed by atoms with E-state index in [1.165, 1.54) is 22.5 Å². The molecule has 0 radical (unpaired) electrons. The molecular weight excluding hydrogens is 460 g/mol. The zero-order valence-electron chi connectivity index (χ0n) is 17.8. The lowest BCUT2D eigenvalue weighted by Crippen LogP contribution is -2.35. The van der Waals surface area contributed by atoms with Crippen molar-refractivity contribution in [3.8, 4) is 0 Å².